The number of aliphatic hydroxyl groups excluding tert-OH is 1. The van der Waals surface area contributed by atoms with E-state index in [0.29, 0.717) is 48.8 Å². The molecule has 0 bridgehead atoms. The fourth-order valence-corrected chi connectivity index (χ4v) is 5.39. The predicted molar refractivity (Wildman–Crippen MR) is 136 cm³/mol. The number of nitrogens with zero attached hydrogens (tertiary/aromatic N) is 1. The van der Waals surface area contributed by atoms with Gasteiger partial charge in [-0.15, -0.1) is 11.8 Å². The quantitative estimate of drug-likeness (QED) is 0.262. The lowest BCUT2D eigenvalue weighted by Gasteiger charge is -2.30. The molecule has 0 radical (unpaired) electrons. The van der Waals surface area contributed by atoms with Gasteiger partial charge in [0.1, 0.15) is 0 Å². The summed E-state index contributed by atoms with van der Waals surface area (Å²) in [6, 6.07) is 13.2. The lowest BCUT2D eigenvalue weighted by atomic mass is 9.96. The number of rotatable bonds is 9. The Hall–Kier alpha value is -2.22. The Kier molecular flexibility index (Phi) is 9.68. The number of carboxylic acids is 1. The number of carboxylic acid groups (broad SMARTS) is 1. The highest BCUT2D eigenvalue weighted by atomic mass is 35.5. The molecule has 182 valence electrons. The fourth-order valence-electron chi connectivity index (χ4n) is 3.82. The summed E-state index contributed by atoms with van der Waals surface area (Å²) in [5.41, 5.74) is 2.05. The minimum Gasteiger partial charge on any atom is -0.476 e. The summed E-state index contributed by atoms with van der Waals surface area (Å²) in [5.74, 6) is -0.392. The van der Waals surface area contributed by atoms with Crippen LogP contribution in [-0.4, -0.2) is 52.0 Å². The summed E-state index contributed by atoms with van der Waals surface area (Å²) in [7, 11) is 0. The van der Waals surface area contributed by atoms with Gasteiger partial charge in [0.2, 0.25) is 11.9 Å². The zero-order valence-corrected chi connectivity index (χ0v) is 21.3. The number of aliphatic carboxylic acids is 1. The normalized spacial score (nSPS) is 15.9. The van der Waals surface area contributed by atoms with Crippen LogP contribution in [0.4, 0.5) is 0 Å². The maximum atomic E-state index is 12.7. The Labute approximate surface area is 214 Å². The highest BCUT2D eigenvalue weighted by Crippen LogP contribution is 2.37. The number of hydrogen-bond donors (Lipinski definition) is 3. The smallest absolute Gasteiger partial charge is 0.372 e. The van der Waals surface area contributed by atoms with Crippen molar-refractivity contribution in [3.63, 3.8) is 0 Å². The Morgan fingerprint density at radius 2 is 1.76 bits per heavy atom. The first kappa shape index (κ1) is 26.4. The maximum absolute atomic E-state index is 12.7. The molecule has 1 saturated heterocycles. The van der Waals surface area contributed by atoms with Crippen LogP contribution >= 0.6 is 35.0 Å². The Morgan fingerprint density at radius 1 is 1.09 bits per heavy atom. The van der Waals surface area contributed by atoms with Gasteiger partial charge in [-0.3, -0.25) is 4.79 Å². The molecule has 6 nitrogen and oxygen atoms in total. The molecular formula is C25H29Cl2N2O4S+. The van der Waals surface area contributed by atoms with Crippen LogP contribution in [0.5, 0.6) is 0 Å². The van der Waals surface area contributed by atoms with Crippen molar-refractivity contribution >= 4 is 52.7 Å². The van der Waals surface area contributed by atoms with Crippen LogP contribution in [0.2, 0.25) is 10.0 Å². The van der Waals surface area contributed by atoms with Gasteiger partial charge in [-0.1, -0.05) is 59.6 Å². The van der Waals surface area contributed by atoms with E-state index in [1.807, 2.05) is 30.3 Å². The summed E-state index contributed by atoms with van der Waals surface area (Å²) in [5, 5.41) is 20.1. The molecule has 1 heterocycles. The summed E-state index contributed by atoms with van der Waals surface area (Å²) in [6.07, 6.45) is 1.98. The first-order chi connectivity index (χ1) is 16.3. The van der Waals surface area contributed by atoms with Crippen molar-refractivity contribution in [3.05, 3.63) is 63.6 Å². The summed E-state index contributed by atoms with van der Waals surface area (Å²) >= 11 is 14.7. The first-order valence-electron chi connectivity index (χ1n) is 11.2. The van der Waals surface area contributed by atoms with Crippen LogP contribution in [0.1, 0.15) is 37.3 Å². The second kappa shape index (κ2) is 12.5. The average molecular weight is 524 g/mol. The van der Waals surface area contributed by atoms with Gasteiger partial charge in [0, 0.05) is 37.1 Å². The molecule has 0 saturated carbocycles. The van der Waals surface area contributed by atoms with Crippen molar-refractivity contribution in [3.8, 4) is 0 Å². The zero-order valence-electron chi connectivity index (χ0n) is 19.0. The molecule has 34 heavy (non-hydrogen) atoms. The lowest BCUT2D eigenvalue weighted by Crippen LogP contribution is -2.82. The first-order valence-corrected chi connectivity index (χ1v) is 13.0. The Morgan fingerprint density at radius 3 is 2.41 bits per heavy atom. The number of piperidine rings is 1. The van der Waals surface area contributed by atoms with Crippen molar-refractivity contribution in [1.82, 2.24) is 4.90 Å². The van der Waals surface area contributed by atoms with Gasteiger partial charge in [0.05, 0.1) is 16.0 Å². The molecule has 0 aliphatic carbocycles. The third-order valence-corrected chi connectivity index (χ3v) is 8.10. The van der Waals surface area contributed by atoms with Crippen molar-refractivity contribution in [2.75, 3.05) is 13.1 Å². The molecule has 0 aromatic heterocycles. The number of benzene rings is 2. The molecular weight excluding hydrogens is 495 g/mol. The van der Waals surface area contributed by atoms with E-state index in [1.54, 1.807) is 16.7 Å². The highest BCUT2D eigenvalue weighted by molar-refractivity contribution is 7.98. The lowest BCUT2D eigenvalue weighted by molar-refractivity contribution is -0.497. The number of aryl methyl sites for hydroxylation is 1. The van der Waals surface area contributed by atoms with Crippen LogP contribution in [0.3, 0.4) is 0 Å². The van der Waals surface area contributed by atoms with Crippen LogP contribution in [0.25, 0.3) is 0 Å². The topological polar surface area (TPSA) is 91.8 Å². The van der Waals surface area contributed by atoms with E-state index in [-0.39, 0.29) is 17.7 Å². The molecule has 0 spiro atoms. The number of halogens is 2. The van der Waals surface area contributed by atoms with Crippen LogP contribution in [0.15, 0.2) is 47.4 Å². The van der Waals surface area contributed by atoms with E-state index in [4.69, 9.17) is 28.3 Å². The molecule has 1 fully saturated rings. The number of nitrogens with one attached hydrogen (secondary N) is 1. The SMILES string of the molecule is C[C@H]([NH+]=C(O)C1CCN(C(=O)CCc2ccc(SCc3ccccc3)c(Cl)c2Cl)CC1)C(=O)O. The summed E-state index contributed by atoms with van der Waals surface area (Å²) in [4.78, 5) is 29.0. The third-order valence-electron chi connectivity index (χ3n) is 5.94. The highest BCUT2D eigenvalue weighted by Gasteiger charge is 2.30. The monoisotopic (exact) mass is 523 g/mol. The molecule has 1 atom stereocenters. The minimum atomic E-state index is -1.03. The van der Waals surface area contributed by atoms with E-state index in [1.165, 1.54) is 12.5 Å². The number of hydrogen-bond acceptors (Lipinski definition) is 3. The number of aliphatic hydroxyl groups is 1. The van der Waals surface area contributed by atoms with Gasteiger partial charge in [0.25, 0.3) is 0 Å². The molecule has 2 aromatic carbocycles. The summed E-state index contributed by atoms with van der Waals surface area (Å²) < 4.78 is 0. The number of carbonyl (C=O) groups excluding carboxylic acids is 1. The van der Waals surface area contributed by atoms with Crippen LogP contribution in [0, 0.1) is 5.92 Å². The molecule has 9 heteroatoms. The van der Waals surface area contributed by atoms with Gasteiger partial charge >= 0.3 is 11.9 Å². The van der Waals surface area contributed by atoms with Crippen molar-refractivity contribution in [1.29, 1.82) is 0 Å². The number of likely N-dealkylation sites (tertiary alicyclic amines) is 1. The molecule has 1 aliphatic rings. The largest absolute Gasteiger partial charge is 0.476 e. The van der Waals surface area contributed by atoms with E-state index in [0.717, 1.165) is 16.2 Å². The number of carbonyl (C=O) groups is 2. The standard InChI is InChI=1S/C25H28Cl2N2O4S/c1-16(25(32)33)28-24(31)19-11-13-29(14-12-19)21(30)10-8-18-7-9-20(23(27)22(18)26)34-15-17-5-3-2-4-6-17/h2-7,9,16,19H,8,10-15H2,1H3,(H,28,31)(H,32,33)/p+1/t16-/m0/s1. The van der Waals surface area contributed by atoms with Gasteiger partial charge in [-0.2, -0.15) is 0 Å². The molecule has 3 N–H and O–H groups in total. The van der Waals surface area contributed by atoms with Crippen LogP contribution < -0.4 is 4.99 Å². The van der Waals surface area contributed by atoms with Crippen molar-refractivity contribution in [2.24, 2.45) is 5.92 Å². The molecule has 0 unspecified atom stereocenters. The van der Waals surface area contributed by atoms with E-state index < -0.39 is 12.0 Å². The van der Waals surface area contributed by atoms with Gasteiger partial charge in [0.15, 0.2) is 0 Å². The number of amides is 1. The minimum absolute atomic E-state index is 0.0198. The molecule has 3 rings (SSSR count). The molecule has 1 amide bonds. The Bertz CT molecular complexity index is 1040. The van der Waals surface area contributed by atoms with Gasteiger partial charge < -0.3 is 15.1 Å². The number of thioether (sulfide) groups is 1. The molecule has 1 aliphatic heterocycles. The van der Waals surface area contributed by atoms with E-state index >= 15 is 0 Å². The predicted octanol–water partition coefficient (Wildman–Crippen LogP) is 3.97. The van der Waals surface area contributed by atoms with Gasteiger partial charge in [-0.25, -0.2) is 9.79 Å². The van der Waals surface area contributed by atoms with Crippen molar-refractivity contribution in [2.45, 2.75) is 49.3 Å². The second-order valence-electron chi connectivity index (χ2n) is 8.37. The van der Waals surface area contributed by atoms with E-state index in [9.17, 15) is 14.7 Å². The second-order valence-corrected chi connectivity index (χ2v) is 10.1. The van der Waals surface area contributed by atoms with Gasteiger partial charge in [-0.05, 0) is 36.5 Å². The average Bonchev–Trinajstić information content (AvgIpc) is 2.84. The van der Waals surface area contributed by atoms with Crippen LogP contribution in [-0.2, 0) is 21.8 Å². The fraction of sp³-hybridized carbons (Fsp3) is 0.400. The maximum Gasteiger partial charge on any atom is 0.372 e. The molecule has 2 aromatic rings. The van der Waals surface area contributed by atoms with Crippen molar-refractivity contribution < 1.29 is 24.8 Å². The zero-order chi connectivity index (χ0) is 24.7. The summed E-state index contributed by atoms with van der Waals surface area (Å²) in [6.45, 7) is 2.50. The Balaban J connectivity index is 1.50. The third kappa shape index (κ3) is 7.14. The van der Waals surface area contributed by atoms with E-state index in [2.05, 4.69) is 17.1 Å².